The summed E-state index contributed by atoms with van der Waals surface area (Å²) in [6.07, 6.45) is 6.76. The second-order valence-electron chi connectivity index (χ2n) is 7.77. The summed E-state index contributed by atoms with van der Waals surface area (Å²) in [5.74, 6) is 0.998. The molecule has 1 aromatic heterocycles. The highest BCUT2D eigenvalue weighted by Crippen LogP contribution is 2.48. The monoisotopic (exact) mass is 386 g/mol. The molecular formula is C21H23ClN2OS. The molecule has 0 saturated heterocycles. The number of hydrogen-bond acceptors (Lipinski definition) is 3. The lowest BCUT2D eigenvalue weighted by Gasteiger charge is -2.37. The number of anilines is 1. The maximum Gasteiger partial charge on any atom is 0.259 e. The Balaban J connectivity index is 1.56. The first-order valence-electron chi connectivity index (χ1n) is 9.65. The predicted octanol–water partition coefficient (Wildman–Crippen LogP) is 5.65. The molecule has 2 heterocycles. The number of carbonyl (C=O) groups excluding carboxylic acids is 1. The van der Waals surface area contributed by atoms with Gasteiger partial charge in [0.2, 0.25) is 0 Å². The number of carbonyl (C=O) groups is 1. The molecule has 0 radical (unpaired) electrons. The predicted molar refractivity (Wildman–Crippen MR) is 107 cm³/mol. The van der Waals surface area contributed by atoms with Crippen molar-refractivity contribution >= 4 is 33.8 Å². The van der Waals surface area contributed by atoms with Crippen molar-refractivity contribution in [2.45, 2.75) is 57.7 Å². The first-order chi connectivity index (χ1) is 12.7. The standard InChI is InChI=1S/C21H23ClN2OS/c1-2-12-3-10-16-17(11-12)26-20-18(16)21(25)24(15-8-9-15)19(23-20)13-4-6-14(22)7-5-13/h4-7,12,15,19,23H,2-3,8-11H2,1H3/t12-,19+/m0/s1. The van der Waals surface area contributed by atoms with Crippen LogP contribution in [0.3, 0.4) is 0 Å². The van der Waals surface area contributed by atoms with Crippen molar-refractivity contribution in [1.29, 1.82) is 0 Å². The fourth-order valence-electron chi connectivity index (χ4n) is 4.39. The van der Waals surface area contributed by atoms with Gasteiger partial charge in [0.25, 0.3) is 5.91 Å². The number of hydrogen-bond donors (Lipinski definition) is 1. The van der Waals surface area contributed by atoms with E-state index in [4.69, 9.17) is 11.6 Å². The molecule has 136 valence electrons. The number of amides is 1. The van der Waals surface area contributed by atoms with Gasteiger partial charge in [-0.2, -0.15) is 0 Å². The zero-order chi connectivity index (χ0) is 17.8. The Hall–Kier alpha value is -1.52. The van der Waals surface area contributed by atoms with Gasteiger partial charge in [0, 0.05) is 15.9 Å². The fourth-order valence-corrected chi connectivity index (χ4v) is 5.89. The number of nitrogens with one attached hydrogen (secondary N) is 1. The Bertz CT molecular complexity index is 856. The van der Waals surface area contributed by atoms with E-state index in [1.165, 1.54) is 23.3 Å². The molecule has 1 amide bonds. The summed E-state index contributed by atoms with van der Waals surface area (Å²) < 4.78 is 0. The average Bonchev–Trinajstić information content (AvgIpc) is 3.41. The van der Waals surface area contributed by atoms with Gasteiger partial charge >= 0.3 is 0 Å². The summed E-state index contributed by atoms with van der Waals surface area (Å²) in [7, 11) is 0. The number of rotatable bonds is 3. The van der Waals surface area contributed by atoms with Crippen LogP contribution in [0.2, 0.25) is 5.02 Å². The first-order valence-corrected chi connectivity index (χ1v) is 10.8. The van der Waals surface area contributed by atoms with Crippen LogP contribution in [-0.2, 0) is 12.8 Å². The van der Waals surface area contributed by atoms with E-state index in [2.05, 4.69) is 17.1 Å². The minimum Gasteiger partial charge on any atom is -0.352 e. The molecule has 1 aromatic carbocycles. The molecule has 0 bridgehead atoms. The highest BCUT2D eigenvalue weighted by atomic mass is 35.5. The van der Waals surface area contributed by atoms with Crippen LogP contribution in [0.5, 0.6) is 0 Å². The van der Waals surface area contributed by atoms with E-state index in [0.29, 0.717) is 6.04 Å². The highest BCUT2D eigenvalue weighted by Gasteiger charge is 2.44. The van der Waals surface area contributed by atoms with Crippen molar-refractivity contribution in [3.8, 4) is 0 Å². The van der Waals surface area contributed by atoms with Gasteiger partial charge in [-0.05, 0) is 61.3 Å². The number of nitrogens with zero attached hydrogens (tertiary/aromatic N) is 1. The summed E-state index contributed by atoms with van der Waals surface area (Å²) in [6.45, 7) is 2.28. The van der Waals surface area contributed by atoms with Crippen molar-refractivity contribution in [2.24, 2.45) is 5.92 Å². The second-order valence-corrected chi connectivity index (χ2v) is 9.31. The lowest BCUT2D eigenvalue weighted by atomic mass is 9.85. The van der Waals surface area contributed by atoms with Gasteiger partial charge in [-0.15, -0.1) is 11.3 Å². The Morgan fingerprint density at radius 3 is 2.69 bits per heavy atom. The maximum atomic E-state index is 13.5. The molecule has 0 spiro atoms. The summed E-state index contributed by atoms with van der Waals surface area (Å²) in [5, 5.41) is 5.51. The number of halogens is 1. The van der Waals surface area contributed by atoms with Crippen LogP contribution in [0.4, 0.5) is 5.00 Å². The van der Waals surface area contributed by atoms with E-state index in [-0.39, 0.29) is 12.1 Å². The summed E-state index contributed by atoms with van der Waals surface area (Å²) >= 11 is 7.88. The molecule has 2 aromatic rings. The van der Waals surface area contributed by atoms with Crippen molar-refractivity contribution in [2.75, 3.05) is 5.32 Å². The lowest BCUT2D eigenvalue weighted by molar-refractivity contribution is 0.0666. The Kier molecular flexibility index (Phi) is 4.02. The van der Waals surface area contributed by atoms with Crippen molar-refractivity contribution in [3.63, 3.8) is 0 Å². The average molecular weight is 387 g/mol. The van der Waals surface area contributed by atoms with Gasteiger partial charge in [-0.25, -0.2) is 0 Å². The van der Waals surface area contributed by atoms with Crippen LogP contribution in [-0.4, -0.2) is 16.8 Å². The molecule has 0 unspecified atom stereocenters. The Morgan fingerprint density at radius 2 is 2.00 bits per heavy atom. The molecule has 1 fully saturated rings. The zero-order valence-corrected chi connectivity index (χ0v) is 16.5. The molecule has 3 aliphatic rings. The molecule has 5 rings (SSSR count). The number of thiophene rings is 1. The molecule has 2 atom stereocenters. The van der Waals surface area contributed by atoms with Gasteiger partial charge in [0.15, 0.2) is 0 Å². The van der Waals surface area contributed by atoms with Crippen molar-refractivity contribution < 1.29 is 4.79 Å². The molecule has 1 saturated carbocycles. The van der Waals surface area contributed by atoms with Gasteiger partial charge in [0.05, 0.1) is 5.56 Å². The Morgan fingerprint density at radius 1 is 1.23 bits per heavy atom. The largest absolute Gasteiger partial charge is 0.352 e. The minimum atomic E-state index is -0.0816. The van der Waals surface area contributed by atoms with Gasteiger partial charge in [-0.1, -0.05) is 37.1 Å². The summed E-state index contributed by atoms with van der Waals surface area (Å²) in [5.41, 5.74) is 3.40. The lowest BCUT2D eigenvalue weighted by Crippen LogP contribution is -2.44. The van der Waals surface area contributed by atoms with E-state index < -0.39 is 0 Å². The fraction of sp³-hybridized carbons (Fsp3) is 0.476. The van der Waals surface area contributed by atoms with Gasteiger partial charge in [-0.3, -0.25) is 4.79 Å². The molecule has 26 heavy (non-hydrogen) atoms. The summed E-state index contributed by atoms with van der Waals surface area (Å²) in [6, 6.07) is 8.26. The quantitative estimate of drug-likeness (QED) is 0.739. The molecule has 3 nitrogen and oxygen atoms in total. The normalized spacial score (nSPS) is 24.8. The number of benzene rings is 1. The zero-order valence-electron chi connectivity index (χ0n) is 14.9. The van der Waals surface area contributed by atoms with Gasteiger partial charge in [0.1, 0.15) is 11.2 Å². The SMILES string of the molecule is CC[C@H]1CCc2c(sc3c2C(=O)N(C2CC2)[C@H](c2ccc(Cl)cc2)N3)C1. The van der Waals surface area contributed by atoms with Crippen LogP contribution < -0.4 is 5.32 Å². The molecule has 2 aliphatic carbocycles. The van der Waals surface area contributed by atoms with Crippen LogP contribution in [0.15, 0.2) is 24.3 Å². The van der Waals surface area contributed by atoms with E-state index in [1.54, 1.807) is 0 Å². The molecule has 5 heteroatoms. The van der Waals surface area contributed by atoms with Crippen LogP contribution in [0, 0.1) is 5.92 Å². The molecular weight excluding hydrogens is 364 g/mol. The van der Waals surface area contributed by atoms with Crippen LogP contribution >= 0.6 is 22.9 Å². The van der Waals surface area contributed by atoms with Crippen LogP contribution in [0.25, 0.3) is 0 Å². The topological polar surface area (TPSA) is 32.3 Å². The van der Waals surface area contributed by atoms with E-state index in [1.807, 2.05) is 35.6 Å². The van der Waals surface area contributed by atoms with Crippen molar-refractivity contribution in [3.05, 3.63) is 50.9 Å². The second kappa shape index (κ2) is 6.28. The van der Waals surface area contributed by atoms with E-state index in [9.17, 15) is 4.79 Å². The first kappa shape index (κ1) is 16.6. The third-order valence-electron chi connectivity index (χ3n) is 6.07. The molecule has 1 aliphatic heterocycles. The van der Waals surface area contributed by atoms with Crippen LogP contribution in [0.1, 0.15) is 65.1 Å². The van der Waals surface area contributed by atoms with E-state index >= 15 is 0 Å². The third-order valence-corrected chi connectivity index (χ3v) is 7.50. The maximum absolute atomic E-state index is 13.5. The number of fused-ring (bicyclic) bond motifs is 3. The Labute approximate surface area is 163 Å². The van der Waals surface area contributed by atoms with Gasteiger partial charge < -0.3 is 10.2 Å². The third kappa shape index (κ3) is 2.66. The minimum absolute atomic E-state index is 0.0816. The van der Waals surface area contributed by atoms with E-state index in [0.717, 1.165) is 52.8 Å². The molecule has 1 N–H and O–H groups in total. The highest BCUT2D eigenvalue weighted by molar-refractivity contribution is 7.16. The summed E-state index contributed by atoms with van der Waals surface area (Å²) in [4.78, 5) is 17.0. The smallest absolute Gasteiger partial charge is 0.259 e. The van der Waals surface area contributed by atoms with Crippen molar-refractivity contribution in [1.82, 2.24) is 4.90 Å².